The van der Waals surface area contributed by atoms with Gasteiger partial charge in [-0.05, 0) is 47.5 Å². The Morgan fingerprint density at radius 3 is 2.94 bits per heavy atom. The molecule has 90 valence electrons. The van der Waals surface area contributed by atoms with Crippen molar-refractivity contribution in [2.45, 2.75) is 26.4 Å². The van der Waals surface area contributed by atoms with Crippen molar-refractivity contribution in [3.63, 3.8) is 0 Å². The first-order valence-electron chi connectivity index (χ1n) is 5.55. The van der Waals surface area contributed by atoms with Crippen LogP contribution in [0.2, 0.25) is 0 Å². The highest BCUT2D eigenvalue weighted by Gasteiger charge is 2.07. The summed E-state index contributed by atoms with van der Waals surface area (Å²) in [6.45, 7) is 5.18. The molecule has 0 saturated carbocycles. The fraction of sp³-hybridized carbons (Fsp3) is 0.308. The van der Waals surface area contributed by atoms with Crippen LogP contribution in [0.15, 0.2) is 35.1 Å². The van der Waals surface area contributed by atoms with Gasteiger partial charge in [-0.2, -0.15) is 0 Å². The maximum atomic E-state index is 4.13. The van der Waals surface area contributed by atoms with Crippen LogP contribution in [-0.4, -0.2) is 4.98 Å². The molecule has 0 aliphatic heterocycles. The molecule has 0 aliphatic rings. The smallest absolute Gasteiger partial charge is 0.0315 e. The van der Waals surface area contributed by atoms with Crippen LogP contribution in [0.4, 0.5) is 0 Å². The minimum absolute atomic E-state index is 0.324. The van der Waals surface area contributed by atoms with Crippen LogP contribution in [0.25, 0.3) is 0 Å². The molecule has 2 aromatic rings. The monoisotopic (exact) mass is 310 g/mol. The predicted octanol–water partition coefficient (Wildman–Crippen LogP) is 4.06. The summed E-state index contributed by atoms with van der Waals surface area (Å²) in [6, 6.07) is 6.58. The maximum absolute atomic E-state index is 4.13. The lowest BCUT2D eigenvalue weighted by molar-refractivity contribution is 0.577. The number of pyridine rings is 1. The minimum atomic E-state index is 0.324. The van der Waals surface area contributed by atoms with Crippen molar-refractivity contribution in [2.75, 3.05) is 0 Å². The molecule has 0 radical (unpaired) electrons. The number of rotatable bonds is 4. The quantitative estimate of drug-likeness (QED) is 0.921. The molecule has 0 aliphatic carbocycles. The molecular weight excluding hydrogens is 296 g/mol. The second-order valence-corrected chi connectivity index (χ2v) is 6.20. The Kier molecular flexibility index (Phi) is 4.31. The van der Waals surface area contributed by atoms with Crippen LogP contribution in [0, 0.1) is 6.92 Å². The highest BCUT2D eigenvalue weighted by molar-refractivity contribution is 9.10. The lowest BCUT2D eigenvalue weighted by Crippen LogP contribution is -2.17. The Hall–Kier alpha value is -0.710. The fourth-order valence-electron chi connectivity index (χ4n) is 1.61. The van der Waals surface area contributed by atoms with E-state index < -0.39 is 0 Å². The van der Waals surface area contributed by atoms with E-state index in [1.165, 1.54) is 19.8 Å². The van der Waals surface area contributed by atoms with Gasteiger partial charge in [0, 0.05) is 39.2 Å². The van der Waals surface area contributed by atoms with Gasteiger partial charge in [-0.25, -0.2) is 0 Å². The van der Waals surface area contributed by atoms with E-state index in [4.69, 9.17) is 0 Å². The molecule has 0 saturated heterocycles. The molecule has 0 aromatic carbocycles. The van der Waals surface area contributed by atoms with Crippen LogP contribution in [0.3, 0.4) is 0 Å². The Morgan fingerprint density at radius 2 is 2.35 bits per heavy atom. The third kappa shape index (κ3) is 3.37. The Bertz CT molecular complexity index is 462. The summed E-state index contributed by atoms with van der Waals surface area (Å²) in [4.78, 5) is 6.82. The van der Waals surface area contributed by atoms with E-state index in [0.29, 0.717) is 6.04 Å². The van der Waals surface area contributed by atoms with E-state index in [-0.39, 0.29) is 0 Å². The first-order chi connectivity index (χ1) is 8.16. The van der Waals surface area contributed by atoms with Gasteiger partial charge in [-0.1, -0.05) is 6.07 Å². The van der Waals surface area contributed by atoms with E-state index in [1.54, 1.807) is 6.20 Å². The molecule has 2 rings (SSSR count). The molecule has 4 heteroatoms. The standard InChI is InChI=1S/C13H15BrN2S/c1-9(11-4-3-5-15-7-11)16-8-12-6-13(14)10(2)17-12/h3-7,9,16H,8H2,1-2H3/t9-/m0/s1. The largest absolute Gasteiger partial charge is 0.305 e. The summed E-state index contributed by atoms with van der Waals surface area (Å²) in [7, 11) is 0. The van der Waals surface area contributed by atoms with Gasteiger partial charge >= 0.3 is 0 Å². The first-order valence-corrected chi connectivity index (χ1v) is 7.16. The summed E-state index contributed by atoms with van der Waals surface area (Å²) < 4.78 is 1.20. The fourth-order valence-corrected chi connectivity index (χ4v) is 3.16. The zero-order chi connectivity index (χ0) is 12.3. The SMILES string of the molecule is Cc1sc(CN[C@@H](C)c2cccnc2)cc1Br. The Balaban J connectivity index is 1.94. The molecule has 2 aromatic heterocycles. The van der Waals surface area contributed by atoms with Gasteiger partial charge in [0.15, 0.2) is 0 Å². The first kappa shape index (κ1) is 12.7. The van der Waals surface area contributed by atoms with Crippen LogP contribution in [0.1, 0.15) is 28.3 Å². The molecule has 0 amide bonds. The third-order valence-electron chi connectivity index (χ3n) is 2.68. The van der Waals surface area contributed by atoms with E-state index in [1.807, 2.05) is 23.6 Å². The van der Waals surface area contributed by atoms with Gasteiger partial charge in [0.05, 0.1) is 0 Å². The lowest BCUT2D eigenvalue weighted by atomic mass is 10.1. The van der Waals surface area contributed by atoms with Gasteiger partial charge in [0.1, 0.15) is 0 Å². The zero-order valence-corrected chi connectivity index (χ0v) is 12.3. The minimum Gasteiger partial charge on any atom is -0.305 e. The molecule has 2 heterocycles. The van der Waals surface area contributed by atoms with E-state index in [0.717, 1.165) is 6.54 Å². The molecule has 1 atom stereocenters. The van der Waals surface area contributed by atoms with Crippen LogP contribution in [-0.2, 0) is 6.54 Å². The van der Waals surface area contributed by atoms with Crippen molar-refractivity contribution < 1.29 is 0 Å². The second kappa shape index (κ2) is 5.76. The number of aryl methyl sites for hydroxylation is 1. The van der Waals surface area contributed by atoms with Crippen molar-refractivity contribution in [3.8, 4) is 0 Å². The third-order valence-corrected chi connectivity index (χ3v) is 4.81. The average Bonchev–Trinajstić information content (AvgIpc) is 2.67. The molecule has 1 N–H and O–H groups in total. The van der Waals surface area contributed by atoms with Gasteiger partial charge in [0.25, 0.3) is 0 Å². The van der Waals surface area contributed by atoms with Gasteiger partial charge in [0.2, 0.25) is 0 Å². The van der Waals surface area contributed by atoms with Crippen LogP contribution >= 0.6 is 27.3 Å². The van der Waals surface area contributed by atoms with Crippen molar-refractivity contribution in [3.05, 3.63) is 50.4 Å². The van der Waals surface area contributed by atoms with Crippen molar-refractivity contribution in [1.82, 2.24) is 10.3 Å². The zero-order valence-electron chi connectivity index (χ0n) is 9.90. The van der Waals surface area contributed by atoms with Crippen molar-refractivity contribution >= 4 is 27.3 Å². The van der Waals surface area contributed by atoms with E-state index in [2.05, 4.69) is 52.2 Å². The summed E-state index contributed by atoms with van der Waals surface area (Å²) in [5.41, 5.74) is 1.22. The normalized spacial score (nSPS) is 12.6. The summed E-state index contributed by atoms with van der Waals surface area (Å²) >= 11 is 5.37. The van der Waals surface area contributed by atoms with Gasteiger partial charge < -0.3 is 5.32 Å². The van der Waals surface area contributed by atoms with Crippen molar-refractivity contribution in [2.24, 2.45) is 0 Å². The number of hydrogen-bond donors (Lipinski definition) is 1. The molecule has 2 nitrogen and oxygen atoms in total. The maximum Gasteiger partial charge on any atom is 0.0315 e. The summed E-state index contributed by atoms with van der Waals surface area (Å²) in [5.74, 6) is 0. The summed E-state index contributed by atoms with van der Waals surface area (Å²) in [6.07, 6.45) is 3.71. The molecule has 0 spiro atoms. The number of nitrogens with one attached hydrogen (secondary N) is 1. The van der Waals surface area contributed by atoms with Crippen molar-refractivity contribution in [1.29, 1.82) is 0 Å². The Labute approximate surface area is 114 Å². The second-order valence-electron chi connectivity index (χ2n) is 4.01. The average molecular weight is 311 g/mol. The lowest BCUT2D eigenvalue weighted by Gasteiger charge is -2.12. The number of hydrogen-bond acceptors (Lipinski definition) is 3. The van der Waals surface area contributed by atoms with E-state index >= 15 is 0 Å². The number of thiophene rings is 1. The van der Waals surface area contributed by atoms with Gasteiger partial charge in [-0.15, -0.1) is 11.3 Å². The highest BCUT2D eigenvalue weighted by Crippen LogP contribution is 2.26. The summed E-state index contributed by atoms with van der Waals surface area (Å²) in [5, 5.41) is 3.51. The van der Waals surface area contributed by atoms with Gasteiger partial charge in [-0.3, -0.25) is 4.98 Å². The van der Waals surface area contributed by atoms with E-state index in [9.17, 15) is 0 Å². The van der Waals surface area contributed by atoms with Crippen LogP contribution in [0.5, 0.6) is 0 Å². The van der Waals surface area contributed by atoms with Crippen LogP contribution < -0.4 is 5.32 Å². The Morgan fingerprint density at radius 1 is 1.53 bits per heavy atom. The highest BCUT2D eigenvalue weighted by atomic mass is 79.9. The topological polar surface area (TPSA) is 24.9 Å². The molecular formula is C13H15BrN2S. The number of halogens is 1. The molecule has 0 bridgehead atoms. The number of nitrogens with zero attached hydrogens (tertiary/aromatic N) is 1. The predicted molar refractivity (Wildman–Crippen MR) is 76.2 cm³/mol. The number of aromatic nitrogens is 1. The molecule has 17 heavy (non-hydrogen) atoms. The molecule has 0 unspecified atom stereocenters. The molecule has 0 fully saturated rings.